The summed E-state index contributed by atoms with van der Waals surface area (Å²) in [7, 11) is 1.70. The van der Waals surface area contributed by atoms with Gasteiger partial charge in [-0.15, -0.1) is 0 Å². The van der Waals surface area contributed by atoms with Gasteiger partial charge in [0.05, 0.1) is 0 Å². The fourth-order valence-corrected chi connectivity index (χ4v) is 3.06. The Balaban J connectivity index is 2.89. The molecule has 1 N–H and O–H groups in total. The van der Waals surface area contributed by atoms with Gasteiger partial charge in [0.1, 0.15) is 4.64 Å². The molecule has 1 nitrogen and oxygen atoms in total. The van der Waals surface area contributed by atoms with Gasteiger partial charge >= 0.3 is 0 Å². The van der Waals surface area contributed by atoms with Crippen molar-refractivity contribution in [2.24, 2.45) is 0 Å². The van der Waals surface area contributed by atoms with Crippen LogP contribution in [0.3, 0.4) is 0 Å². The summed E-state index contributed by atoms with van der Waals surface area (Å²) >= 11 is 7.40. The summed E-state index contributed by atoms with van der Waals surface area (Å²) in [5, 5.41) is 1.23. The maximum atomic E-state index is 5.12. The molecule has 1 heterocycles. The van der Waals surface area contributed by atoms with E-state index in [1.807, 2.05) is 24.3 Å². The number of benzene rings is 1. The van der Waals surface area contributed by atoms with Crippen molar-refractivity contribution in [1.29, 1.82) is 0 Å². The second-order valence-corrected chi connectivity index (χ2v) is 4.98. The van der Waals surface area contributed by atoms with E-state index in [-0.39, 0.29) is 0 Å². The third-order valence-electron chi connectivity index (χ3n) is 1.80. The minimum Gasteiger partial charge on any atom is -0.346 e. The van der Waals surface area contributed by atoms with E-state index in [1.54, 1.807) is 8.93 Å². The normalized spacial score (nSPS) is 10.5. The Labute approximate surface area is 97.5 Å². The van der Waals surface area contributed by atoms with Crippen molar-refractivity contribution in [3.05, 3.63) is 35.0 Å². The molecule has 0 aliphatic carbocycles. The van der Waals surface area contributed by atoms with Crippen LogP contribution in [0.25, 0.3) is 10.9 Å². The lowest BCUT2D eigenvalue weighted by Crippen LogP contribution is -1.80. The molecule has 0 saturated carbocycles. The summed E-state index contributed by atoms with van der Waals surface area (Å²) in [6, 6.07) is 10.2. The van der Waals surface area contributed by atoms with Crippen LogP contribution >= 0.6 is 42.4 Å². The Bertz CT molecular complexity index is 492. The first kappa shape index (κ1) is 9.48. The van der Waals surface area contributed by atoms with E-state index < -0.39 is 0 Å². The zero-order valence-corrected chi connectivity index (χ0v) is 10.4. The van der Waals surface area contributed by atoms with Crippen LogP contribution in [-0.2, 0) is 0 Å². The van der Waals surface area contributed by atoms with Gasteiger partial charge in [-0.25, -0.2) is 0 Å². The quantitative estimate of drug-likeness (QED) is 0.621. The average Bonchev–Trinajstić information content (AvgIpc) is 2.16. The Morgan fingerprint density at radius 3 is 2.85 bits per heavy atom. The zero-order chi connectivity index (χ0) is 9.26. The molecule has 0 fully saturated rings. The highest BCUT2D eigenvalue weighted by Crippen LogP contribution is 2.31. The summed E-state index contributed by atoms with van der Waals surface area (Å²) < 4.78 is 0.790. The predicted molar refractivity (Wildman–Crippen MR) is 69.0 cm³/mol. The summed E-state index contributed by atoms with van der Waals surface area (Å²) in [5.74, 6) is 0. The molecule has 0 saturated heterocycles. The van der Waals surface area contributed by atoms with Crippen molar-refractivity contribution in [2.75, 3.05) is 0 Å². The third-order valence-corrected chi connectivity index (χ3v) is 3.94. The largest absolute Gasteiger partial charge is 0.346 e. The van der Waals surface area contributed by atoms with Gasteiger partial charge in [-0.2, -0.15) is 0 Å². The van der Waals surface area contributed by atoms with Crippen LogP contribution in [0.5, 0.6) is 0 Å². The van der Waals surface area contributed by atoms with E-state index in [1.165, 1.54) is 10.3 Å². The van der Waals surface area contributed by atoms with Gasteiger partial charge < -0.3 is 4.98 Å². The Morgan fingerprint density at radius 2 is 2.08 bits per heavy atom. The van der Waals surface area contributed by atoms with Crippen molar-refractivity contribution in [3.8, 4) is 0 Å². The zero-order valence-electron chi connectivity index (χ0n) is 6.58. The standard InChI is InChI=1S/C9H6INS2/c10-13-8-5-9(12)11-7-4-2-1-3-6(7)8/h1-5H,(H,11,12). The minimum atomic E-state index is 0.790. The number of H-pyrrole nitrogens is 1. The molecule has 2 rings (SSSR count). The second kappa shape index (κ2) is 3.98. The average molecular weight is 319 g/mol. The molecule has 66 valence electrons. The lowest BCUT2D eigenvalue weighted by molar-refractivity contribution is 1.33. The molecule has 0 atom stereocenters. The smallest absolute Gasteiger partial charge is 0.104 e. The Hall–Kier alpha value is -0.0700. The molecule has 0 unspecified atom stereocenters. The summed E-state index contributed by atoms with van der Waals surface area (Å²) in [6.45, 7) is 0. The highest BCUT2D eigenvalue weighted by molar-refractivity contribution is 14.2. The van der Waals surface area contributed by atoms with E-state index in [4.69, 9.17) is 12.2 Å². The SMILES string of the molecule is S=c1cc(SI)c2ccccc2[nH]1. The van der Waals surface area contributed by atoms with Crippen LogP contribution in [0.4, 0.5) is 0 Å². The molecule has 0 bridgehead atoms. The third kappa shape index (κ3) is 1.89. The number of hydrogen-bond donors (Lipinski definition) is 1. The van der Waals surface area contributed by atoms with Gasteiger partial charge in [-0.1, -0.05) is 39.4 Å². The van der Waals surface area contributed by atoms with E-state index in [2.05, 4.69) is 32.3 Å². The van der Waals surface area contributed by atoms with Crippen molar-refractivity contribution >= 4 is 53.3 Å². The molecule has 13 heavy (non-hydrogen) atoms. The number of aromatic nitrogens is 1. The molecule has 1 aromatic heterocycles. The molecular formula is C9H6INS2. The predicted octanol–water partition coefficient (Wildman–Crippen LogP) is 4.34. The van der Waals surface area contributed by atoms with Gasteiger partial charge in [-0.3, -0.25) is 0 Å². The second-order valence-electron chi connectivity index (χ2n) is 2.62. The first-order valence-corrected chi connectivity index (χ1v) is 7.48. The lowest BCUT2D eigenvalue weighted by atomic mass is 10.2. The van der Waals surface area contributed by atoms with Gasteiger partial charge in [0.15, 0.2) is 0 Å². The van der Waals surface area contributed by atoms with Crippen molar-refractivity contribution in [1.82, 2.24) is 4.98 Å². The van der Waals surface area contributed by atoms with Crippen LogP contribution < -0.4 is 0 Å². The highest BCUT2D eigenvalue weighted by atomic mass is 127. The number of hydrogen-bond acceptors (Lipinski definition) is 2. The molecule has 2 aromatic rings. The minimum absolute atomic E-state index is 0.790. The number of nitrogens with one attached hydrogen (secondary N) is 1. The van der Waals surface area contributed by atoms with E-state index in [0.29, 0.717) is 0 Å². The van der Waals surface area contributed by atoms with Crippen LogP contribution in [-0.4, -0.2) is 4.98 Å². The number of rotatable bonds is 1. The molecule has 4 heteroatoms. The fraction of sp³-hybridized carbons (Fsp3) is 0. The number of fused-ring (bicyclic) bond motifs is 1. The van der Waals surface area contributed by atoms with Crippen LogP contribution in [0.1, 0.15) is 0 Å². The molecule has 0 radical (unpaired) electrons. The maximum Gasteiger partial charge on any atom is 0.104 e. The Morgan fingerprint density at radius 1 is 1.31 bits per heavy atom. The lowest BCUT2D eigenvalue weighted by Gasteiger charge is -2.01. The van der Waals surface area contributed by atoms with Gasteiger partial charge in [0.25, 0.3) is 0 Å². The van der Waals surface area contributed by atoms with E-state index >= 15 is 0 Å². The molecule has 1 aromatic carbocycles. The molecule has 0 aliphatic rings. The first-order chi connectivity index (χ1) is 6.31. The number of pyridine rings is 1. The van der Waals surface area contributed by atoms with Gasteiger partial charge in [0.2, 0.25) is 0 Å². The first-order valence-electron chi connectivity index (χ1n) is 3.72. The van der Waals surface area contributed by atoms with E-state index in [9.17, 15) is 0 Å². The topological polar surface area (TPSA) is 15.8 Å². The highest BCUT2D eigenvalue weighted by Gasteiger charge is 1.99. The van der Waals surface area contributed by atoms with Gasteiger partial charge in [0, 0.05) is 37.0 Å². The number of halogens is 1. The fourth-order valence-electron chi connectivity index (χ4n) is 1.24. The summed E-state index contributed by atoms with van der Waals surface area (Å²) in [6.07, 6.45) is 0. The molecule has 0 aliphatic heterocycles. The molecule has 0 spiro atoms. The van der Waals surface area contributed by atoms with Crippen LogP contribution in [0.2, 0.25) is 0 Å². The van der Waals surface area contributed by atoms with Crippen molar-refractivity contribution in [2.45, 2.75) is 4.90 Å². The maximum absolute atomic E-state index is 5.12. The summed E-state index contributed by atoms with van der Waals surface area (Å²) in [4.78, 5) is 4.38. The van der Waals surface area contributed by atoms with Crippen LogP contribution in [0, 0.1) is 4.64 Å². The number of aromatic amines is 1. The van der Waals surface area contributed by atoms with Crippen LogP contribution in [0.15, 0.2) is 35.2 Å². The summed E-state index contributed by atoms with van der Waals surface area (Å²) in [5.41, 5.74) is 1.11. The molecular weight excluding hydrogens is 313 g/mol. The van der Waals surface area contributed by atoms with E-state index in [0.717, 1.165) is 10.2 Å². The van der Waals surface area contributed by atoms with Crippen molar-refractivity contribution in [3.63, 3.8) is 0 Å². The van der Waals surface area contributed by atoms with Crippen molar-refractivity contribution < 1.29 is 0 Å². The number of para-hydroxylation sites is 1. The monoisotopic (exact) mass is 319 g/mol. The van der Waals surface area contributed by atoms with Gasteiger partial charge in [-0.05, 0) is 12.1 Å². The molecule has 0 amide bonds. The Kier molecular flexibility index (Phi) is 2.90.